The van der Waals surface area contributed by atoms with E-state index in [0.29, 0.717) is 12.2 Å². The van der Waals surface area contributed by atoms with Crippen molar-refractivity contribution < 1.29 is 13.9 Å². The lowest BCUT2D eigenvalue weighted by molar-refractivity contribution is -0.118. The maximum atomic E-state index is 13.4. The number of rotatable bonds is 4. The number of ether oxygens (including phenoxy) is 1. The Morgan fingerprint density at radius 3 is 2.88 bits per heavy atom. The Kier molecular flexibility index (Phi) is 4.46. The molecule has 0 radical (unpaired) electrons. The fourth-order valence-corrected chi connectivity index (χ4v) is 1.28. The summed E-state index contributed by atoms with van der Waals surface area (Å²) >= 11 is 0. The van der Waals surface area contributed by atoms with Crippen molar-refractivity contribution in [1.29, 1.82) is 5.26 Å². The first-order valence-electron chi connectivity index (χ1n) is 5.16. The molecule has 0 heterocycles. The number of nitrogens with zero attached hydrogens (tertiary/aromatic N) is 1. The second-order valence-electron chi connectivity index (χ2n) is 3.42. The number of amides is 1. The molecule has 1 N–H and O–H groups in total. The zero-order valence-corrected chi connectivity index (χ0v) is 9.66. The van der Waals surface area contributed by atoms with Gasteiger partial charge in [-0.05, 0) is 18.6 Å². The van der Waals surface area contributed by atoms with Gasteiger partial charge >= 0.3 is 0 Å². The van der Waals surface area contributed by atoms with Gasteiger partial charge in [0.1, 0.15) is 17.5 Å². The molecule has 0 aliphatic carbocycles. The van der Waals surface area contributed by atoms with Crippen LogP contribution in [0.15, 0.2) is 18.2 Å². The van der Waals surface area contributed by atoms with Crippen LogP contribution in [0.1, 0.15) is 13.3 Å². The molecule has 0 aliphatic rings. The Bertz CT molecular complexity index is 454. The predicted molar refractivity (Wildman–Crippen MR) is 61.0 cm³/mol. The maximum absolute atomic E-state index is 13.4. The van der Waals surface area contributed by atoms with Crippen LogP contribution in [0.25, 0.3) is 0 Å². The van der Waals surface area contributed by atoms with E-state index < -0.39 is 17.6 Å². The van der Waals surface area contributed by atoms with Gasteiger partial charge in [0.05, 0.1) is 18.9 Å². The van der Waals surface area contributed by atoms with E-state index in [4.69, 9.17) is 10.00 Å². The van der Waals surface area contributed by atoms with Gasteiger partial charge in [0, 0.05) is 6.07 Å². The van der Waals surface area contributed by atoms with Gasteiger partial charge in [-0.15, -0.1) is 0 Å². The standard InChI is InChI=1S/C12H13FN2O2/c1-3-8(7-14)12(16)15-11-6-9(17-2)4-5-10(11)13/h4-6,8H,3H2,1-2H3,(H,15,16). The van der Waals surface area contributed by atoms with Crippen molar-refractivity contribution in [3.8, 4) is 11.8 Å². The third-order valence-electron chi connectivity index (χ3n) is 2.31. The first-order chi connectivity index (χ1) is 8.12. The van der Waals surface area contributed by atoms with Crippen molar-refractivity contribution in [2.75, 3.05) is 12.4 Å². The number of hydrogen-bond acceptors (Lipinski definition) is 3. The summed E-state index contributed by atoms with van der Waals surface area (Å²) in [6, 6.07) is 5.87. The van der Waals surface area contributed by atoms with E-state index in [1.807, 2.05) is 6.07 Å². The van der Waals surface area contributed by atoms with Crippen molar-refractivity contribution in [1.82, 2.24) is 0 Å². The van der Waals surface area contributed by atoms with Crippen molar-refractivity contribution in [2.45, 2.75) is 13.3 Å². The van der Waals surface area contributed by atoms with Crippen LogP contribution in [0.5, 0.6) is 5.75 Å². The number of nitriles is 1. The summed E-state index contributed by atoms with van der Waals surface area (Å²) in [6.45, 7) is 1.72. The minimum Gasteiger partial charge on any atom is -0.497 e. The largest absolute Gasteiger partial charge is 0.497 e. The smallest absolute Gasteiger partial charge is 0.241 e. The first kappa shape index (κ1) is 13.0. The molecule has 1 atom stereocenters. The molecule has 0 aliphatic heterocycles. The van der Waals surface area contributed by atoms with Crippen LogP contribution in [0.2, 0.25) is 0 Å². The summed E-state index contributed by atoms with van der Waals surface area (Å²) in [5.74, 6) is -1.42. The first-order valence-corrected chi connectivity index (χ1v) is 5.16. The van der Waals surface area contributed by atoms with Gasteiger partial charge in [-0.3, -0.25) is 4.79 Å². The number of carbonyl (C=O) groups is 1. The van der Waals surface area contributed by atoms with Gasteiger partial charge in [-0.1, -0.05) is 6.92 Å². The van der Waals surface area contributed by atoms with Gasteiger partial charge in [-0.25, -0.2) is 4.39 Å². The van der Waals surface area contributed by atoms with Crippen LogP contribution in [-0.2, 0) is 4.79 Å². The highest BCUT2D eigenvalue weighted by Gasteiger charge is 2.17. The third-order valence-corrected chi connectivity index (χ3v) is 2.31. The number of hydrogen-bond donors (Lipinski definition) is 1. The fourth-order valence-electron chi connectivity index (χ4n) is 1.28. The van der Waals surface area contributed by atoms with Gasteiger partial charge in [-0.2, -0.15) is 5.26 Å². The number of halogens is 1. The Morgan fingerprint density at radius 2 is 2.35 bits per heavy atom. The summed E-state index contributed by atoms with van der Waals surface area (Å²) in [4.78, 5) is 11.6. The highest BCUT2D eigenvalue weighted by atomic mass is 19.1. The number of carbonyl (C=O) groups excluding carboxylic acids is 1. The SMILES string of the molecule is CCC(C#N)C(=O)Nc1cc(OC)ccc1F. The van der Waals surface area contributed by atoms with E-state index in [0.717, 1.165) is 0 Å². The Morgan fingerprint density at radius 1 is 1.65 bits per heavy atom. The number of nitrogens with one attached hydrogen (secondary N) is 1. The number of benzene rings is 1. The fraction of sp³-hybridized carbons (Fsp3) is 0.333. The van der Waals surface area contributed by atoms with Crippen molar-refractivity contribution in [2.24, 2.45) is 5.92 Å². The molecule has 5 heteroatoms. The molecular formula is C12H13FN2O2. The molecule has 17 heavy (non-hydrogen) atoms. The van der Waals surface area contributed by atoms with Crippen LogP contribution in [0.3, 0.4) is 0 Å². The zero-order valence-electron chi connectivity index (χ0n) is 9.66. The molecule has 0 saturated carbocycles. The molecular weight excluding hydrogens is 223 g/mol. The van der Waals surface area contributed by atoms with E-state index in [1.165, 1.54) is 25.3 Å². The Labute approximate surface area is 99.0 Å². The van der Waals surface area contributed by atoms with E-state index >= 15 is 0 Å². The third kappa shape index (κ3) is 3.18. The van der Waals surface area contributed by atoms with Crippen molar-refractivity contribution >= 4 is 11.6 Å². The summed E-state index contributed by atoms with van der Waals surface area (Å²) in [7, 11) is 1.45. The van der Waals surface area contributed by atoms with E-state index in [9.17, 15) is 9.18 Å². The molecule has 1 unspecified atom stereocenters. The van der Waals surface area contributed by atoms with E-state index in [-0.39, 0.29) is 5.69 Å². The van der Waals surface area contributed by atoms with Crippen LogP contribution in [-0.4, -0.2) is 13.0 Å². The summed E-state index contributed by atoms with van der Waals surface area (Å²) < 4.78 is 18.3. The second-order valence-corrected chi connectivity index (χ2v) is 3.42. The lowest BCUT2D eigenvalue weighted by Crippen LogP contribution is -2.21. The molecule has 1 rings (SSSR count). The molecule has 0 saturated heterocycles. The summed E-state index contributed by atoms with van der Waals surface area (Å²) in [5, 5.41) is 11.1. The van der Waals surface area contributed by atoms with Crippen LogP contribution < -0.4 is 10.1 Å². The van der Waals surface area contributed by atoms with E-state index in [1.54, 1.807) is 6.92 Å². The molecule has 1 aromatic carbocycles. The lowest BCUT2D eigenvalue weighted by atomic mass is 10.1. The molecule has 0 bridgehead atoms. The molecule has 0 spiro atoms. The van der Waals surface area contributed by atoms with Crippen LogP contribution in [0, 0.1) is 23.1 Å². The monoisotopic (exact) mass is 236 g/mol. The lowest BCUT2D eigenvalue weighted by Gasteiger charge is -2.10. The van der Waals surface area contributed by atoms with Gasteiger partial charge < -0.3 is 10.1 Å². The van der Waals surface area contributed by atoms with Crippen molar-refractivity contribution in [3.05, 3.63) is 24.0 Å². The summed E-state index contributed by atoms with van der Waals surface area (Å²) in [6.07, 6.45) is 0.383. The molecule has 1 aromatic rings. The minimum absolute atomic E-state index is 0.0167. The molecule has 4 nitrogen and oxygen atoms in total. The topological polar surface area (TPSA) is 62.1 Å². The molecule has 0 aromatic heterocycles. The van der Waals surface area contributed by atoms with Crippen LogP contribution >= 0.6 is 0 Å². The van der Waals surface area contributed by atoms with Gasteiger partial charge in [0.15, 0.2) is 0 Å². The Hall–Kier alpha value is -2.09. The number of methoxy groups -OCH3 is 1. The minimum atomic E-state index is -0.777. The molecule has 1 amide bonds. The quantitative estimate of drug-likeness (QED) is 0.872. The molecule has 0 fully saturated rings. The number of anilines is 1. The average molecular weight is 236 g/mol. The average Bonchev–Trinajstić information content (AvgIpc) is 2.33. The zero-order chi connectivity index (χ0) is 12.8. The van der Waals surface area contributed by atoms with Gasteiger partial charge in [0.2, 0.25) is 5.91 Å². The highest BCUT2D eigenvalue weighted by molar-refractivity contribution is 5.94. The molecule has 90 valence electrons. The summed E-state index contributed by atoms with van der Waals surface area (Å²) in [5.41, 5.74) is 0.0167. The Balaban J connectivity index is 2.88. The van der Waals surface area contributed by atoms with Gasteiger partial charge in [0.25, 0.3) is 0 Å². The normalized spacial score (nSPS) is 11.4. The second kappa shape index (κ2) is 5.85. The predicted octanol–water partition coefficient (Wildman–Crippen LogP) is 2.32. The maximum Gasteiger partial charge on any atom is 0.241 e. The van der Waals surface area contributed by atoms with Crippen molar-refractivity contribution in [3.63, 3.8) is 0 Å². The van der Waals surface area contributed by atoms with E-state index in [2.05, 4.69) is 5.32 Å². The van der Waals surface area contributed by atoms with Crippen LogP contribution in [0.4, 0.5) is 10.1 Å². The highest BCUT2D eigenvalue weighted by Crippen LogP contribution is 2.21.